The molecule has 2 N–H and O–H groups in total. The van der Waals surface area contributed by atoms with Crippen LogP contribution in [-0.2, 0) is 10.0 Å². The Kier molecular flexibility index (Phi) is 4.22. The Balaban J connectivity index is 2.31. The average molecular weight is 309 g/mol. The maximum absolute atomic E-state index is 12.4. The van der Waals surface area contributed by atoms with Crippen molar-refractivity contribution in [3.8, 4) is 5.75 Å². The fourth-order valence-electron chi connectivity index (χ4n) is 1.88. The van der Waals surface area contributed by atoms with Gasteiger partial charge in [-0.3, -0.25) is 9.82 Å². The zero-order valence-corrected chi connectivity index (χ0v) is 13.3. The standard InChI is InChI=1S/C14H19N3O3S/c1-5-20-13-7-6-12(8-9(13)2)21(18,19)17-14-10(3)11(4)15-16-14/h6-8H,5H2,1-4H3,(H2,15,16,17). The first-order chi connectivity index (χ1) is 9.85. The molecule has 0 saturated carbocycles. The largest absolute Gasteiger partial charge is 0.494 e. The molecule has 1 heterocycles. The molecule has 2 aromatic rings. The van der Waals surface area contributed by atoms with Crippen LogP contribution in [0.5, 0.6) is 5.75 Å². The molecule has 0 atom stereocenters. The van der Waals surface area contributed by atoms with Crippen molar-refractivity contribution in [3.05, 3.63) is 35.0 Å². The van der Waals surface area contributed by atoms with Gasteiger partial charge in [0.2, 0.25) is 0 Å². The summed E-state index contributed by atoms with van der Waals surface area (Å²) < 4.78 is 32.7. The summed E-state index contributed by atoms with van der Waals surface area (Å²) in [6.07, 6.45) is 0. The van der Waals surface area contributed by atoms with Crippen molar-refractivity contribution in [1.29, 1.82) is 0 Å². The fraction of sp³-hybridized carbons (Fsp3) is 0.357. The molecule has 1 aromatic heterocycles. The molecule has 0 bridgehead atoms. The molecule has 21 heavy (non-hydrogen) atoms. The molecular weight excluding hydrogens is 290 g/mol. The van der Waals surface area contributed by atoms with Gasteiger partial charge in [-0.05, 0) is 51.5 Å². The van der Waals surface area contributed by atoms with E-state index in [9.17, 15) is 8.42 Å². The number of nitrogens with zero attached hydrogens (tertiary/aromatic N) is 1. The van der Waals surface area contributed by atoms with Gasteiger partial charge in [-0.25, -0.2) is 8.42 Å². The third kappa shape index (κ3) is 3.18. The molecule has 2 rings (SSSR count). The van der Waals surface area contributed by atoms with Crippen LogP contribution in [0.25, 0.3) is 0 Å². The van der Waals surface area contributed by atoms with Crippen LogP contribution in [0.15, 0.2) is 23.1 Å². The molecule has 1 aromatic carbocycles. The summed E-state index contributed by atoms with van der Waals surface area (Å²) in [6.45, 7) is 7.88. The van der Waals surface area contributed by atoms with Crippen molar-refractivity contribution in [2.45, 2.75) is 32.6 Å². The molecule has 0 aliphatic carbocycles. The number of hydrogen-bond acceptors (Lipinski definition) is 4. The average Bonchev–Trinajstić information content (AvgIpc) is 2.73. The van der Waals surface area contributed by atoms with E-state index in [1.165, 1.54) is 6.07 Å². The molecule has 0 amide bonds. The lowest BCUT2D eigenvalue weighted by molar-refractivity contribution is 0.337. The van der Waals surface area contributed by atoms with Crippen LogP contribution in [-0.4, -0.2) is 25.2 Å². The summed E-state index contributed by atoms with van der Waals surface area (Å²) in [5.41, 5.74) is 2.38. The Hall–Kier alpha value is -2.02. The number of aromatic nitrogens is 2. The van der Waals surface area contributed by atoms with Crippen LogP contribution >= 0.6 is 0 Å². The SMILES string of the molecule is CCOc1ccc(S(=O)(=O)Nc2n[nH]c(C)c2C)cc1C. The third-order valence-electron chi connectivity index (χ3n) is 3.24. The van der Waals surface area contributed by atoms with E-state index in [4.69, 9.17) is 4.74 Å². The summed E-state index contributed by atoms with van der Waals surface area (Å²) in [4.78, 5) is 0.184. The quantitative estimate of drug-likeness (QED) is 0.889. The molecular formula is C14H19N3O3S. The lowest BCUT2D eigenvalue weighted by Crippen LogP contribution is -2.14. The Morgan fingerprint density at radius 2 is 2.00 bits per heavy atom. The van der Waals surface area contributed by atoms with Gasteiger partial charge in [0.1, 0.15) is 5.75 Å². The van der Waals surface area contributed by atoms with Crippen LogP contribution in [0.3, 0.4) is 0 Å². The van der Waals surface area contributed by atoms with Crippen molar-refractivity contribution >= 4 is 15.8 Å². The van der Waals surface area contributed by atoms with Crippen molar-refractivity contribution in [2.24, 2.45) is 0 Å². The minimum absolute atomic E-state index is 0.184. The molecule has 7 heteroatoms. The van der Waals surface area contributed by atoms with Crippen LogP contribution in [0, 0.1) is 20.8 Å². The van der Waals surface area contributed by atoms with Crippen LogP contribution in [0.4, 0.5) is 5.82 Å². The second-order valence-corrected chi connectivity index (χ2v) is 6.47. The summed E-state index contributed by atoms with van der Waals surface area (Å²) in [7, 11) is -3.66. The van der Waals surface area contributed by atoms with E-state index in [0.717, 1.165) is 16.8 Å². The first-order valence-electron chi connectivity index (χ1n) is 6.63. The van der Waals surface area contributed by atoms with Crippen molar-refractivity contribution < 1.29 is 13.2 Å². The number of rotatable bonds is 5. The third-order valence-corrected chi connectivity index (χ3v) is 4.58. The van der Waals surface area contributed by atoms with Crippen LogP contribution in [0.1, 0.15) is 23.7 Å². The minimum Gasteiger partial charge on any atom is -0.494 e. The highest BCUT2D eigenvalue weighted by molar-refractivity contribution is 7.92. The summed E-state index contributed by atoms with van der Waals surface area (Å²) in [6, 6.07) is 4.77. The molecule has 6 nitrogen and oxygen atoms in total. The van der Waals surface area contributed by atoms with Crippen molar-refractivity contribution in [3.63, 3.8) is 0 Å². The monoisotopic (exact) mass is 309 g/mol. The van der Waals surface area contributed by atoms with Gasteiger partial charge in [0.05, 0.1) is 11.5 Å². The normalized spacial score (nSPS) is 11.4. The lowest BCUT2D eigenvalue weighted by Gasteiger charge is -2.10. The van der Waals surface area contributed by atoms with E-state index in [1.54, 1.807) is 19.1 Å². The minimum atomic E-state index is -3.66. The number of aromatic amines is 1. The number of benzene rings is 1. The second kappa shape index (κ2) is 5.77. The van der Waals surface area contributed by atoms with E-state index in [2.05, 4.69) is 14.9 Å². The Labute approximate surface area is 124 Å². The highest BCUT2D eigenvalue weighted by Gasteiger charge is 2.18. The van der Waals surface area contributed by atoms with E-state index in [-0.39, 0.29) is 4.90 Å². The molecule has 114 valence electrons. The van der Waals surface area contributed by atoms with Crippen LogP contribution in [0.2, 0.25) is 0 Å². The highest BCUT2D eigenvalue weighted by atomic mass is 32.2. The maximum Gasteiger partial charge on any atom is 0.263 e. The predicted molar refractivity (Wildman–Crippen MR) is 81.2 cm³/mol. The number of ether oxygens (including phenoxy) is 1. The van der Waals surface area contributed by atoms with Crippen molar-refractivity contribution in [1.82, 2.24) is 10.2 Å². The highest BCUT2D eigenvalue weighted by Crippen LogP contribution is 2.24. The first kappa shape index (κ1) is 15.4. The Morgan fingerprint density at radius 3 is 2.52 bits per heavy atom. The summed E-state index contributed by atoms with van der Waals surface area (Å²) >= 11 is 0. The van der Waals surface area contributed by atoms with E-state index in [1.807, 2.05) is 20.8 Å². The molecule has 0 fully saturated rings. The molecule has 0 unspecified atom stereocenters. The lowest BCUT2D eigenvalue weighted by atomic mass is 10.2. The second-order valence-electron chi connectivity index (χ2n) is 4.79. The van der Waals surface area contributed by atoms with Gasteiger partial charge < -0.3 is 4.74 Å². The maximum atomic E-state index is 12.4. The Bertz CT molecular complexity index is 751. The molecule has 0 spiro atoms. The number of nitrogens with one attached hydrogen (secondary N) is 2. The first-order valence-corrected chi connectivity index (χ1v) is 8.11. The topological polar surface area (TPSA) is 84.1 Å². The number of anilines is 1. The molecule has 0 radical (unpaired) electrons. The number of H-pyrrole nitrogens is 1. The van der Waals surface area contributed by atoms with E-state index >= 15 is 0 Å². The van der Waals surface area contributed by atoms with Gasteiger partial charge in [-0.2, -0.15) is 5.10 Å². The number of hydrogen-bond donors (Lipinski definition) is 2. The molecule has 0 aliphatic rings. The zero-order chi connectivity index (χ0) is 15.6. The summed E-state index contributed by atoms with van der Waals surface area (Å²) in [5, 5.41) is 6.71. The molecule has 0 aliphatic heterocycles. The fourth-order valence-corrected chi connectivity index (χ4v) is 3.03. The number of sulfonamides is 1. The van der Waals surface area contributed by atoms with Crippen LogP contribution < -0.4 is 9.46 Å². The van der Waals surface area contributed by atoms with E-state index in [0.29, 0.717) is 18.2 Å². The Morgan fingerprint density at radius 1 is 1.29 bits per heavy atom. The van der Waals surface area contributed by atoms with Gasteiger partial charge in [-0.1, -0.05) is 0 Å². The van der Waals surface area contributed by atoms with Gasteiger partial charge in [0, 0.05) is 11.3 Å². The van der Waals surface area contributed by atoms with E-state index < -0.39 is 10.0 Å². The number of aryl methyl sites for hydroxylation is 2. The van der Waals surface area contributed by atoms with Crippen molar-refractivity contribution in [2.75, 3.05) is 11.3 Å². The zero-order valence-electron chi connectivity index (χ0n) is 12.5. The van der Waals surface area contributed by atoms with Gasteiger partial charge in [-0.15, -0.1) is 0 Å². The predicted octanol–water partition coefficient (Wildman–Crippen LogP) is 2.53. The smallest absolute Gasteiger partial charge is 0.263 e. The van der Waals surface area contributed by atoms with Gasteiger partial charge >= 0.3 is 0 Å². The van der Waals surface area contributed by atoms with Gasteiger partial charge in [0.25, 0.3) is 10.0 Å². The summed E-state index contributed by atoms with van der Waals surface area (Å²) in [5.74, 6) is 1.00. The van der Waals surface area contributed by atoms with Gasteiger partial charge in [0.15, 0.2) is 5.82 Å². The molecule has 0 saturated heterocycles.